The van der Waals surface area contributed by atoms with E-state index in [4.69, 9.17) is 4.74 Å². The molecule has 8 nitrogen and oxygen atoms in total. The van der Waals surface area contributed by atoms with Gasteiger partial charge in [-0.1, -0.05) is 42.0 Å². The lowest BCUT2D eigenvalue weighted by atomic mass is 10.1. The van der Waals surface area contributed by atoms with Crippen LogP contribution in [0.1, 0.15) is 27.0 Å². The minimum atomic E-state index is -0.528. The highest BCUT2D eigenvalue weighted by molar-refractivity contribution is 5.94. The third-order valence-electron chi connectivity index (χ3n) is 4.87. The number of aromatic nitrogens is 1. The molecule has 1 aromatic heterocycles. The van der Waals surface area contributed by atoms with Crippen molar-refractivity contribution in [1.82, 2.24) is 20.7 Å². The van der Waals surface area contributed by atoms with Crippen LogP contribution in [0.3, 0.4) is 0 Å². The highest BCUT2D eigenvalue weighted by atomic mass is 16.5. The van der Waals surface area contributed by atoms with Gasteiger partial charge in [0.15, 0.2) is 0 Å². The molecule has 1 heterocycles. The maximum atomic E-state index is 12.4. The SMILES string of the molecule is COc1ccc(CCNC(=O)NNC(=O)c2ccc(=O)n(Cc3ccc(C)cc3)c2)cc1. The van der Waals surface area contributed by atoms with Gasteiger partial charge in [0, 0.05) is 18.8 Å². The molecule has 0 aliphatic rings. The smallest absolute Gasteiger partial charge is 0.333 e. The first-order valence-corrected chi connectivity index (χ1v) is 10.2. The van der Waals surface area contributed by atoms with E-state index in [9.17, 15) is 14.4 Å². The third kappa shape index (κ3) is 6.46. The zero-order chi connectivity index (χ0) is 22.9. The minimum absolute atomic E-state index is 0.216. The van der Waals surface area contributed by atoms with Gasteiger partial charge in [-0.25, -0.2) is 10.2 Å². The average molecular weight is 434 g/mol. The normalized spacial score (nSPS) is 10.3. The number of carbonyl (C=O) groups is 2. The number of urea groups is 1. The van der Waals surface area contributed by atoms with Crippen molar-refractivity contribution in [2.24, 2.45) is 0 Å². The molecule has 3 rings (SSSR count). The van der Waals surface area contributed by atoms with Crippen molar-refractivity contribution >= 4 is 11.9 Å². The summed E-state index contributed by atoms with van der Waals surface area (Å²) in [5, 5.41) is 2.67. The number of hydrazine groups is 1. The standard InChI is InChI=1S/C24H26N4O4/c1-17-3-5-19(6-4-17)15-28-16-20(9-12-22(28)29)23(30)26-27-24(31)25-14-13-18-7-10-21(32-2)11-8-18/h3-12,16H,13-15H2,1-2H3,(H,26,30)(H2,25,27,31). The zero-order valence-corrected chi connectivity index (χ0v) is 18.1. The number of pyridine rings is 1. The molecule has 32 heavy (non-hydrogen) atoms. The molecule has 3 N–H and O–H groups in total. The van der Waals surface area contributed by atoms with Crippen LogP contribution in [-0.4, -0.2) is 30.2 Å². The number of nitrogens with zero attached hydrogens (tertiary/aromatic N) is 1. The summed E-state index contributed by atoms with van der Waals surface area (Å²) in [7, 11) is 1.60. The first-order valence-electron chi connectivity index (χ1n) is 10.2. The number of hydrogen-bond acceptors (Lipinski definition) is 4. The molecule has 0 fully saturated rings. The first kappa shape index (κ1) is 22.6. The molecular weight excluding hydrogens is 408 g/mol. The molecule has 0 radical (unpaired) electrons. The highest BCUT2D eigenvalue weighted by Crippen LogP contribution is 2.11. The number of benzene rings is 2. The van der Waals surface area contributed by atoms with E-state index in [1.165, 1.54) is 22.9 Å². The van der Waals surface area contributed by atoms with Crippen LogP contribution in [0.2, 0.25) is 0 Å². The first-order chi connectivity index (χ1) is 15.4. The molecule has 0 aliphatic carbocycles. The Labute approximate surface area is 186 Å². The van der Waals surface area contributed by atoms with E-state index >= 15 is 0 Å². The molecule has 0 bridgehead atoms. The summed E-state index contributed by atoms with van der Waals surface area (Å²) in [5.74, 6) is 0.250. The van der Waals surface area contributed by atoms with Gasteiger partial charge in [-0.05, 0) is 42.7 Å². The lowest BCUT2D eigenvalue weighted by Crippen LogP contribution is -2.47. The predicted octanol–water partition coefficient (Wildman–Crippen LogP) is 2.40. The number of aryl methyl sites for hydroxylation is 1. The fourth-order valence-electron chi connectivity index (χ4n) is 3.02. The molecule has 0 aliphatic heterocycles. The van der Waals surface area contributed by atoms with Crippen molar-refractivity contribution in [1.29, 1.82) is 0 Å². The number of rotatable bonds is 7. The van der Waals surface area contributed by atoms with E-state index in [0.717, 1.165) is 22.4 Å². The van der Waals surface area contributed by atoms with Gasteiger partial charge in [-0.15, -0.1) is 0 Å². The van der Waals surface area contributed by atoms with Gasteiger partial charge in [0.1, 0.15) is 5.75 Å². The Morgan fingerprint density at radius 3 is 2.28 bits per heavy atom. The van der Waals surface area contributed by atoms with E-state index in [2.05, 4.69) is 16.2 Å². The number of ether oxygens (including phenoxy) is 1. The second-order valence-electron chi connectivity index (χ2n) is 7.30. The monoisotopic (exact) mass is 434 g/mol. The minimum Gasteiger partial charge on any atom is -0.497 e. The van der Waals surface area contributed by atoms with Crippen molar-refractivity contribution in [3.63, 3.8) is 0 Å². The Hall–Kier alpha value is -4.07. The van der Waals surface area contributed by atoms with Gasteiger partial charge < -0.3 is 14.6 Å². The summed E-state index contributed by atoms with van der Waals surface area (Å²) in [6.45, 7) is 2.73. The molecule has 8 heteroatoms. The van der Waals surface area contributed by atoms with Crippen molar-refractivity contribution in [2.75, 3.05) is 13.7 Å². The van der Waals surface area contributed by atoms with Crippen LogP contribution < -0.4 is 26.5 Å². The van der Waals surface area contributed by atoms with Crippen molar-refractivity contribution in [3.05, 3.63) is 99.5 Å². The molecule has 0 spiro atoms. The van der Waals surface area contributed by atoms with Gasteiger partial charge in [0.2, 0.25) is 0 Å². The molecule has 3 amide bonds. The van der Waals surface area contributed by atoms with Crippen molar-refractivity contribution < 1.29 is 14.3 Å². The van der Waals surface area contributed by atoms with Crippen LogP contribution in [0.5, 0.6) is 5.75 Å². The topological polar surface area (TPSA) is 101 Å². The summed E-state index contributed by atoms with van der Waals surface area (Å²) >= 11 is 0. The Morgan fingerprint density at radius 1 is 0.906 bits per heavy atom. The molecule has 2 aromatic carbocycles. The van der Waals surface area contributed by atoms with Gasteiger partial charge in [-0.3, -0.25) is 15.0 Å². The highest BCUT2D eigenvalue weighted by Gasteiger charge is 2.09. The van der Waals surface area contributed by atoms with Gasteiger partial charge in [0.05, 0.1) is 19.2 Å². The van der Waals surface area contributed by atoms with E-state index in [1.54, 1.807) is 7.11 Å². The molecule has 0 atom stereocenters. The van der Waals surface area contributed by atoms with Crippen molar-refractivity contribution in [2.45, 2.75) is 19.9 Å². The summed E-state index contributed by atoms with van der Waals surface area (Å²) in [4.78, 5) is 36.5. The van der Waals surface area contributed by atoms with Crippen LogP contribution in [0.15, 0.2) is 71.7 Å². The predicted molar refractivity (Wildman–Crippen MR) is 122 cm³/mol. The van der Waals surface area contributed by atoms with Crippen LogP contribution >= 0.6 is 0 Å². The van der Waals surface area contributed by atoms with Crippen LogP contribution in [0.25, 0.3) is 0 Å². The molecule has 3 aromatic rings. The fourth-order valence-corrected chi connectivity index (χ4v) is 3.02. The van der Waals surface area contributed by atoms with Gasteiger partial charge in [0.25, 0.3) is 11.5 Å². The number of amides is 3. The second kappa shape index (κ2) is 10.8. The maximum Gasteiger partial charge on any atom is 0.333 e. The summed E-state index contributed by atoms with van der Waals surface area (Å²) in [6.07, 6.45) is 2.11. The van der Waals surface area contributed by atoms with E-state index in [1.807, 2.05) is 55.5 Å². The molecule has 0 saturated heterocycles. The second-order valence-corrected chi connectivity index (χ2v) is 7.30. The lowest BCUT2D eigenvalue weighted by molar-refractivity contribution is 0.0935. The quantitative estimate of drug-likeness (QED) is 0.497. The van der Waals surface area contributed by atoms with Crippen LogP contribution in [0.4, 0.5) is 4.79 Å². The lowest BCUT2D eigenvalue weighted by Gasteiger charge is -2.11. The van der Waals surface area contributed by atoms with E-state index in [-0.39, 0.29) is 11.1 Å². The zero-order valence-electron chi connectivity index (χ0n) is 18.1. The maximum absolute atomic E-state index is 12.4. The Kier molecular flexibility index (Phi) is 7.64. The Bertz CT molecular complexity index is 1120. The van der Waals surface area contributed by atoms with Crippen LogP contribution in [0, 0.1) is 6.92 Å². The van der Waals surface area contributed by atoms with Gasteiger partial charge in [-0.2, -0.15) is 0 Å². The fraction of sp³-hybridized carbons (Fsp3) is 0.208. The average Bonchev–Trinajstić information content (AvgIpc) is 2.81. The molecule has 0 unspecified atom stereocenters. The molecule has 166 valence electrons. The number of hydrogen-bond donors (Lipinski definition) is 3. The largest absolute Gasteiger partial charge is 0.497 e. The van der Waals surface area contributed by atoms with Crippen LogP contribution in [-0.2, 0) is 13.0 Å². The number of carbonyl (C=O) groups excluding carboxylic acids is 2. The summed E-state index contributed by atoms with van der Waals surface area (Å²) in [6, 6.07) is 17.6. The van der Waals surface area contributed by atoms with E-state index in [0.29, 0.717) is 19.5 Å². The number of nitrogens with one attached hydrogen (secondary N) is 3. The summed E-state index contributed by atoms with van der Waals surface area (Å²) < 4.78 is 6.56. The van der Waals surface area contributed by atoms with Gasteiger partial charge >= 0.3 is 6.03 Å². The third-order valence-corrected chi connectivity index (χ3v) is 4.87. The Balaban J connectivity index is 1.48. The molecule has 0 saturated carbocycles. The number of methoxy groups -OCH3 is 1. The molecular formula is C24H26N4O4. The van der Waals surface area contributed by atoms with Crippen molar-refractivity contribution in [3.8, 4) is 5.75 Å². The van der Waals surface area contributed by atoms with E-state index < -0.39 is 11.9 Å². The summed E-state index contributed by atoms with van der Waals surface area (Å²) in [5.41, 5.74) is 7.83. The Morgan fingerprint density at radius 2 is 1.59 bits per heavy atom.